The molecule has 1 rings (SSSR count). The van der Waals surface area contributed by atoms with E-state index in [1.54, 1.807) is 26.0 Å². The van der Waals surface area contributed by atoms with Crippen LogP contribution in [0.25, 0.3) is 0 Å². The van der Waals surface area contributed by atoms with Crippen LogP contribution >= 0.6 is 11.6 Å². The van der Waals surface area contributed by atoms with E-state index in [4.69, 9.17) is 16.3 Å². The minimum absolute atomic E-state index is 0.00425. The Morgan fingerprint density at radius 1 is 1.32 bits per heavy atom. The fourth-order valence-corrected chi connectivity index (χ4v) is 2.18. The normalized spacial score (nSPS) is 13.7. The van der Waals surface area contributed by atoms with Gasteiger partial charge >= 0.3 is 12.1 Å². The van der Waals surface area contributed by atoms with E-state index < -0.39 is 30.1 Å². The number of rotatable bonds is 7. The van der Waals surface area contributed by atoms with Crippen molar-refractivity contribution < 1.29 is 22.7 Å². The van der Waals surface area contributed by atoms with E-state index in [1.807, 2.05) is 0 Å². The topological polar surface area (TPSA) is 39.2 Å². The van der Waals surface area contributed by atoms with Crippen LogP contribution in [-0.4, -0.2) is 29.1 Å². The Balaban J connectivity index is 2.96. The van der Waals surface area contributed by atoms with Crippen LogP contribution in [0.1, 0.15) is 38.7 Å². The van der Waals surface area contributed by atoms with Crippen LogP contribution in [0.4, 0.5) is 13.2 Å². The van der Waals surface area contributed by atoms with Gasteiger partial charge in [0.25, 0.3) is 0 Å². The van der Waals surface area contributed by atoms with Crippen LogP contribution in [0.15, 0.2) is 24.5 Å². The van der Waals surface area contributed by atoms with Gasteiger partial charge < -0.3 is 4.74 Å². The molecule has 22 heavy (non-hydrogen) atoms. The molecule has 0 bridgehead atoms. The van der Waals surface area contributed by atoms with E-state index in [0.717, 1.165) is 0 Å². The molecule has 124 valence electrons. The maximum absolute atomic E-state index is 12.8. The van der Waals surface area contributed by atoms with Gasteiger partial charge in [-0.1, -0.05) is 13.8 Å². The highest BCUT2D eigenvalue weighted by molar-refractivity contribution is 6.17. The van der Waals surface area contributed by atoms with Crippen LogP contribution in [-0.2, 0) is 14.9 Å². The molecule has 0 saturated heterocycles. The molecule has 0 aliphatic carbocycles. The summed E-state index contributed by atoms with van der Waals surface area (Å²) in [5.41, 5.74) is -0.364. The van der Waals surface area contributed by atoms with E-state index in [1.165, 1.54) is 12.4 Å². The summed E-state index contributed by atoms with van der Waals surface area (Å²) >= 11 is 5.48. The molecule has 3 nitrogen and oxygen atoms in total. The molecule has 0 aromatic carbocycles. The standard InChI is InChI=1S/C15H19ClF3NO2/c1-14(2,11-5-8-20-9-6-11)12(10-15(17,18)19)22-13(21)4-3-7-16/h5-6,8-9,12H,3-4,7,10H2,1-2H3. The molecule has 1 atom stereocenters. The summed E-state index contributed by atoms with van der Waals surface area (Å²) in [6, 6.07) is 3.24. The molecule has 0 N–H and O–H groups in total. The first-order chi connectivity index (χ1) is 10.2. The van der Waals surface area contributed by atoms with Gasteiger partial charge in [-0.2, -0.15) is 13.2 Å². The second-order valence-electron chi connectivity index (χ2n) is 5.55. The lowest BCUT2D eigenvalue weighted by atomic mass is 9.78. The minimum Gasteiger partial charge on any atom is -0.461 e. The summed E-state index contributed by atoms with van der Waals surface area (Å²) in [5.74, 6) is -0.413. The number of ether oxygens (including phenoxy) is 1. The van der Waals surface area contributed by atoms with Gasteiger partial charge in [-0.15, -0.1) is 11.6 Å². The third-order valence-electron chi connectivity index (χ3n) is 3.43. The van der Waals surface area contributed by atoms with Gasteiger partial charge in [-0.05, 0) is 24.1 Å². The van der Waals surface area contributed by atoms with Crippen molar-refractivity contribution >= 4 is 17.6 Å². The van der Waals surface area contributed by atoms with Gasteiger partial charge in [0.15, 0.2) is 0 Å². The average Bonchev–Trinajstić information content (AvgIpc) is 2.44. The molecule has 0 fully saturated rings. The van der Waals surface area contributed by atoms with Crippen molar-refractivity contribution in [1.82, 2.24) is 4.98 Å². The lowest BCUT2D eigenvalue weighted by Crippen LogP contribution is -2.40. The lowest BCUT2D eigenvalue weighted by molar-refractivity contribution is -0.180. The van der Waals surface area contributed by atoms with Crippen LogP contribution in [0.5, 0.6) is 0 Å². The molecule has 7 heteroatoms. The van der Waals surface area contributed by atoms with Crippen molar-refractivity contribution in [3.8, 4) is 0 Å². The number of carbonyl (C=O) groups excluding carboxylic acids is 1. The number of hydrogen-bond donors (Lipinski definition) is 0. The van der Waals surface area contributed by atoms with Crippen molar-refractivity contribution in [2.45, 2.75) is 50.8 Å². The number of esters is 1. The lowest BCUT2D eigenvalue weighted by Gasteiger charge is -2.34. The highest BCUT2D eigenvalue weighted by atomic mass is 35.5. The highest BCUT2D eigenvalue weighted by Crippen LogP contribution is 2.36. The van der Waals surface area contributed by atoms with Crippen LogP contribution < -0.4 is 0 Å². The summed E-state index contributed by atoms with van der Waals surface area (Å²) in [7, 11) is 0. The fraction of sp³-hybridized carbons (Fsp3) is 0.600. The van der Waals surface area contributed by atoms with Crippen LogP contribution in [0, 0.1) is 0 Å². The van der Waals surface area contributed by atoms with Crippen molar-refractivity contribution in [2.75, 3.05) is 5.88 Å². The molecule has 1 heterocycles. The second-order valence-corrected chi connectivity index (χ2v) is 5.93. The zero-order valence-electron chi connectivity index (χ0n) is 12.5. The number of hydrogen-bond acceptors (Lipinski definition) is 3. The predicted octanol–water partition coefficient (Wildman–Crippen LogP) is 4.24. The summed E-state index contributed by atoms with van der Waals surface area (Å²) in [6.07, 6.45) is -3.57. The number of pyridine rings is 1. The first-order valence-electron chi connectivity index (χ1n) is 6.89. The smallest absolute Gasteiger partial charge is 0.392 e. The van der Waals surface area contributed by atoms with Crippen LogP contribution in [0.2, 0.25) is 0 Å². The summed E-state index contributed by atoms with van der Waals surface area (Å²) in [5, 5.41) is 0. The molecule has 0 radical (unpaired) electrons. The average molecular weight is 338 g/mol. The molecule has 1 aromatic heterocycles. The van der Waals surface area contributed by atoms with Gasteiger partial charge in [0.05, 0.1) is 6.42 Å². The Hall–Kier alpha value is -1.30. The number of nitrogens with zero attached hydrogens (tertiary/aromatic N) is 1. The maximum Gasteiger partial charge on any atom is 0.392 e. The Morgan fingerprint density at radius 2 is 1.91 bits per heavy atom. The zero-order chi connectivity index (χ0) is 16.8. The Labute approximate surface area is 132 Å². The molecule has 0 amide bonds. The van der Waals surface area contributed by atoms with Gasteiger partial charge in [-0.3, -0.25) is 9.78 Å². The molecule has 1 aromatic rings. The largest absolute Gasteiger partial charge is 0.461 e. The molecule has 1 unspecified atom stereocenters. The molecule has 0 saturated carbocycles. The number of alkyl halides is 4. The van der Waals surface area contributed by atoms with Gasteiger partial charge in [-0.25, -0.2) is 0 Å². The maximum atomic E-state index is 12.8. The van der Waals surface area contributed by atoms with Gasteiger partial charge in [0, 0.05) is 30.1 Å². The molecular formula is C15H19ClF3NO2. The van der Waals surface area contributed by atoms with Crippen molar-refractivity contribution in [2.24, 2.45) is 0 Å². The van der Waals surface area contributed by atoms with Crippen molar-refractivity contribution in [1.29, 1.82) is 0 Å². The fourth-order valence-electron chi connectivity index (χ4n) is 2.05. The molecule has 0 aliphatic rings. The Morgan fingerprint density at radius 3 is 2.41 bits per heavy atom. The van der Waals surface area contributed by atoms with E-state index >= 15 is 0 Å². The SMILES string of the molecule is CC(C)(c1ccncc1)C(CC(F)(F)F)OC(=O)CCCCl. The number of carbonyl (C=O) groups is 1. The number of aromatic nitrogens is 1. The predicted molar refractivity (Wildman–Crippen MR) is 77.8 cm³/mol. The molecular weight excluding hydrogens is 319 g/mol. The molecule has 0 spiro atoms. The van der Waals surface area contributed by atoms with E-state index in [0.29, 0.717) is 12.0 Å². The van der Waals surface area contributed by atoms with Crippen molar-refractivity contribution in [3.05, 3.63) is 30.1 Å². The third kappa shape index (κ3) is 5.83. The quantitative estimate of drug-likeness (QED) is 0.551. The second kappa shape index (κ2) is 7.81. The summed E-state index contributed by atoms with van der Waals surface area (Å²) in [6.45, 7) is 3.24. The molecule has 0 aliphatic heterocycles. The number of halogens is 4. The summed E-state index contributed by atoms with van der Waals surface area (Å²) < 4.78 is 43.6. The van der Waals surface area contributed by atoms with Crippen LogP contribution in [0.3, 0.4) is 0 Å². The van der Waals surface area contributed by atoms with E-state index in [9.17, 15) is 18.0 Å². The summed E-state index contributed by atoms with van der Waals surface area (Å²) in [4.78, 5) is 15.6. The zero-order valence-corrected chi connectivity index (χ0v) is 13.2. The minimum atomic E-state index is -4.43. The first kappa shape index (κ1) is 18.7. The highest BCUT2D eigenvalue weighted by Gasteiger charge is 2.42. The van der Waals surface area contributed by atoms with E-state index in [-0.39, 0.29) is 12.3 Å². The first-order valence-corrected chi connectivity index (χ1v) is 7.43. The van der Waals surface area contributed by atoms with Crippen molar-refractivity contribution in [3.63, 3.8) is 0 Å². The van der Waals surface area contributed by atoms with Gasteiger partial charge in [0.2, 0.25) is 0 Å². The Bertz CT molecular complexity index is 477. The third-order valence-corrected chi connectivity index (χ3v) is 3.70. The van der Waals surface area contributed by atoms with Gasteiger partial charge in [0.1, 0.15) is 6.10 Å². The Kier molecular flexibility index (Phi) is 6.66. The monoisotopic (exact) mass is 337 g/mol. The van der Waals surface area contributed by atoms with E-state index in [2.05, 4.69) is 4.98 Å².